The van der Waals surface area contributed by atoms with Crippen molar-refractivity contribution in [1.82, 2.24) is 19.6 Å². The molecule has 2 aliphatic heterocycles. The number of aromatic nitrogens is 3. The van der Waals surface area contributed by atoms with Gasteiger partial charge in [0.25, 0.3) is 11.8 Å². The third-order valence-corrected chi connectivity index (χ3v) is 7.26. The third-order valence-electron chi connectivity index (χ3n) is 5.41. The number of anilines is 1. The molecule has 2 atom stereocenters. The predicted octanol–water partition coefficient (Wildman–Crippen LogP) is -0.158. The molecule has 2 amide bonds. The number of aromatic carboxylic acids is 1. The van der Waals surface area contributed by atoms with E-state index >= 15 is 0 Å². The molecule has 2 aromatic rings. The maximum Gasteiger partial charge on any atom is 0.352 e. The molecular formula is C22H22N7O7S2+. The number of hydrogen-bond acceptors (Lipinski definition) is 11. The summed E-state index contributed by atoms with van der Waals surface area (Å²) in [6.07, 6.45) is 6.52. The highest BCUT2D eigenvalue weighted by Gasteiger charge is 2.54. The normalized spacial score (nSPS) is 19.2. The molecule has 1 unspecified atom stereocenters. The number of carbonyl (C=O) groups excluding carboxylic acids is 2. The van der Waals surface area contributed by atoms with Gasteiger partial charge in [0.05, 0.1) is 5.56 Å². The lowest BCUT2D eigenvalue weighted by Gasteiger charge is -2.49. The van der Waals surface area contributed by atoms with Crippen molar-refractivity contribution >= 4 is 57.9 Å². The number of nitrogens with zero attached hydrogens (tertiary/aromatic N) is 5. The molecule has 0 radical (unpaired) electrons. The van der Waals surface area contributed by atoms with Crippen LogP contribution < -0.4 is 15.6 Å². The fourth-order valence-corrected chi connectivity index (χ4v) is 5.42. The van der Waals surface area contributed by atoms with E-state index in [0.717, 1.165) is 16.4 Å². The summed E-state index contributed by atoms with van der Waals surface area (Å²) in [5.74, 6) is -3.41. The van der Waals surface area contributed by atoms with Gasteiger partial charge < -0.3 is 26.1 Å². The topological polar surface area (TPSA) is 201 Å². The van der Waals surface area contributed by atoms with Crippen molar-refractivity contribution in [3.05, 3.63) is 59.3 Å². The number of nitrogens with one attached hydrogen (secondary N) is 1. The predicted molar refractivity (Wildman–Crippen MR) is 135 cm³/mol. The first-order valence-electron chi connectivity index (χ1n) is 11.1. The number of nitrogens with two attached hydrogens (primary N) is 1. The average molecular weight is 561 g/mol. The van der Waals surface area contributed by atoms with E-state index in [1.807, 2.05) is 0 Å². The summed E-state index contributed by atoms with van der Waals surface area (Å²) >= 11 is 2.17. The highest BCUT2D eigenvalue weighted by molar-refractivity contribution is 8.00. The van der Waals surface area contributed by atoms with E-state index in [1.54, 1.807) is 36.0 Å². The van der Waals surface area contributed by atoms with E-state index in [9.17, 15) is 24.3 Å². The van der Waals surface area contributed by atoms with Crippen LogP contribution in [0.3, 0.4) is 0 Å². The van der Waals surface area contributed by atoms with Gasteiger partial charge >= 0.3 is 11.9 Å². The summed E-state index contributed by atoms with van der Waals surface area (Å²) in [6.45, 7) is 2.21. The fraction of sp³-hybridized carbons (Fsp3) is 0.273. The van der Waals surface area contributed by atoms with Gasteiger partial charge in [-0.3, -0.25) is 14.5 Å². The molecule has 14 nitrogen and oxygen atoms in total. The van der Waals surface area contributed by atoms with Crippen LogP contribution >= 0.6 is 23.3 Å². The molecule has 38 heavy (non-hydrogen) atoms. The molecule has 0 bridgehead atoms. The van der Waals surface area contributed by atoms with Crippen molar-refractivity contribution in [3.63, 3.8) is 0 Å². The Morgan fingerprint density at radius 3 is 2.66 bits per heavy atom. The first kappa shape index (κ1) is 26.7. The maximum absolute atomic E-state index is 13.0. The summed E-state index contributed by atoms with van der Waals surface area (Å²) in [5.41, 5.74) is 5.77. The van der Waals surface area contributed by atoms with Crippen LogP contribution in [0.15, 0.2) is 53.1 Å². The van der Waals surface area contributed by atoms with Gasteiger partial charge in [-0.05, 0) is 18.6 Å². The molecule has 4 rings (SSSR count). The number of aliphatic carboxylic acids is 1. The third kappa shape index (κ3) is 5.50. The van der Waals surface area contributed by atoms with Gasteiger partial charge in [0.15, 0.2) is 24.1 Å². The van der Waals surface area contributed by atoms with Crippen molar-refractivity contribution in [2.24, 2.45) is 5.16 Å². The standard InChI is InChI=1S/C22H21N7O7S2/c1-2-36-26-13(16-25-22(23)38-27-16)17(30)24-14-18(31)29-15(21(34)35)12(10-37-19(14)29)4-3-7-28-8-5-11(6-9-28)20(32)33/h3-6,8-9,14,19H,2,7,10H2,1H3,(H4-,23,24,25,27,30,32,33,34,35)/p+1/t14?,19-/m0/s1. The van der Waals surface area contributed by atoms with Gasteiger partial charge in [0.1, 0.15) is 23.7 Å². The van der Waals surface area contributed by atoms with Gasteiger partial charge in [-0.2, -0.15) is 9.36 Å². The van der Waals surface area contributed by atoms with Gasteiger partial charge in [0, 0.05) is 29.4 Å². The highest BCUT2D eigenvalue weighted by Crippen LogP contribution is 2.40. The van der Waals surface area contributed by atoms with Crippen LogP contribution in [0.1, 0.15) is 23.1 Å². The Hall–Kier alpha value is -4.31. The smallest absolute Gasteiger partial charge is 0.352 e. The summed E-state index contributed by atoms with van der Waals surface area (Å²) in [4.78, 5) is 59.0. The number of rotatable bonds is 10. The minimum atomic E-state index is -1.27. The number of carbonyl (C=O) groups is 4. The number of oxime groups is 1. The zero-order chi connectivity index (χ0) is 27.4. The van der Waals surface area contributed by atoms with Crippen molar-refractivity contribution in [3.8, 4) is 0 Å². The van der Waals surface area contributed by atoms with Crippen molar-refractivity contribution in [2.75, 3.05) is 18.1 Å². The molecular weight excluding hydrogens is 538 g/mol. The molecule has 1 saturated heterocycles. The molecule has 16 heteroatoms. The van der Waals surface area contributed by atoms with Crippen molar-refractivity contribution < 1.29 is 38.8 Å². The second-order valence-corrected chi connectivity index (χ2v) is 9.73. The number of thioether (sulfide) groups is 1. The lowest BCUT2D eigenvalue weighted by atomic mass is 10.0. The molecule has 0 aromatic carbocycles. The first-order valence-corrected chi connectivity index (χ1v) is 12.9. The average Bonchev–Trinajstić information content (AvgIpc) is 3.32. The number of β-lactam (4-membered cyclic amide) rings is 1. The number of carboxylic acids is 2. The Kier molecular flexibility index (Phi) is 8.02. The fourth-order valence-electron chi connectivity index (χ4n) is 3.66. The number of amides is 2. The SMILES string of the molecule is CCON=C(C(=O)NC1C(=O)N2C(C(=O)O)=C(C=CC[n+]3ccc(C(=O)O)cc3)CS[C@@H]12)c1nsc(N)n1. The Morgan fingerprint density at radius 1 is 1.32 bits per heavy atom. The van der Waals surface area contributed by atoms with Crippen molar-refractivity contribution in [1.29, 1.82) is 0 Å². The Bertz CT molecular complexity index is 1370. The van der Waals surface area contributed by atoms with Crippen LogP contribution in [0.2, 0.25) is 0 Å². The lowest BCUT2D eigenvalue weighted by molar-refractivity contribution is -0.687. The van der Waals surface area contributed by atoms with E-state index in [2.05, 4.69) is 19.8 Å². The van der Waals surface area contributed by atoms with Gasteiger partial charge in [-0.15, -0.1) is 11.8 Å². The number of carboxylic acid groups (broad SMARTS) is 2. The number of nitrogen functional groups attached to an aromatic ring is 1. The number of allylic oxidation sites excluding steroid dienone is 2. The van der Waals surface area contributed by atoms with E-state index < -0.39 is 35.2 Å². The van der Waals surface area contributed by atoms with E-state index in [0.29, 0.717) is 12.1 Å². The molecule has 5 N–H and O–H groups in total. The quantitative estimate of drug-likeness (QED) is 0.130. The molecule has 198 valence electrons. The number of hydrogen-bond donors (Lipinski definition) is 4. The van der Waals surface area contributed by atoms with Gasteiger partial charge in [-0.1, -0.05) is 11.2 Å². The minimum absolute atomic E-state index is 0.0487. The zero-order valence-corrected chi connectivity index (χ0v) is 21.4. The minimum Gasteiger partial charge on any atom is -0.478 e. The first-order chi connectivity index (χ1) is 18.2. The summed E-state index contributed by atoms with van der Waals surface area (Å²) in [5, 5.41) is 24.7. The van der Waals surface area contributed by atoms with Crippen LogP contribution in [0.25, 0.3) is 0 Å². The van der Waals surface area contributed by atoms with Gasteiger partial charge in [0.2, 0.25) is 11.5 Å². The maximum atomic E-state index is 13.0. The van der Waals surface area contributed by atoms with E-state index in [4.69, 9.17) is 15.7 Å². The van der Waals surface area contributed by atoms with E-state index in [1.165, 1.54) is 23.9 Å². The molecule has 2 aliphatic rings. The van der Waals surface area contributed by atoms with Crippen LogP contribution in [0.4, 0.5) is 5.13 Å². The van der Waals surface area contributed by atoms with Crippen LogP contribution in [-0.4, -0.2) is 77.7 Å². The molecule has 2 aromatic heterocycles. The Balaban J connectivity index is 1.47. The molecule has 0 spiro atoms. The second-order valence-electron chi connectivity index (χ2n) is 7.84. The van der Waals surface area contributed by atoms with E-state index in [-0.39, 0.29) is 40.3 Å². The Labute approximate surface area is 223 Å². The van der Waals surface area contributed by atoms with Crippen LogP contribution in [0, 0.1) is 0 Å². The van der Waals surface area contributed by atoms with Crippen LogP contribution in [-0.2, 0) is 25.8 Å². The highest BCUT2D eigenvalue weighted by atomic mass is 32.2. The lowest BCUT2D eigenvalue weighted by Crippen LogP contribution is -2.71. The summed E-state index contributed by atoms with van der Waals surface area (Å²) in [6, 6.07) is 1.92. The molecule has 4 heterocycles. The molecule has 0 aliphatic carbocycles. The monoisotopic (exact) mass is 560 g/mol. The number of fused-ring (bicyclic) bond motifs is 1. The van der Waals surface area contributed by atoms with Crippen LogP contribution in [0.5, 0.6) is 0 Å². The molecule has 1 fully saturated rings. The summed E-state index contributed by atoms with van der Waals surface area (Å²) < 4.78 is 5.68. The second kappa shape index (κ2) is 11.4. The molecule has 0 saturated carbocycles. The zero-order valence-electron chi connectivity index (χ0n) is 19.8. The number of pyridine rings is 1. The van der Waals surface area contributed by atoms with Crippen molar-refractivity contribution in [2.45, 2.75) is 24.9 Å². The Morgan fingerprint density at radius 2 is 2.05 bits per heavy atom. The summed E-state index contributed by atoms with van der Waals surface area (Å²) in [7, 11) is 0. The van der Waals surface area contributed by atoms with Gasteiger partial charge in [-0.25, -0.2) is 14.2 Å². The largest absolute Gasteiger partial charge is 0.478 e.